The number of rotatable bonds is 3. The second-order valence-electron chi connectivity index (χ2n) is 4.75. The number of β-amino-alcohol motifs (C(OH)–C–C–N with tert-alkyl or cyclic N) is 1. The third-order valence-electron chi connectivity index (χ3n) is 3.32. The van der Waals surface area contributed by atoms with Gasteiger partial charge in [0.25, 0.3) is 5.91 Å². The van der Waals surface area contributed by atoms with Crippen LogP contribution in [-0.4, -0.2) is 50.8 Å². The minimum atomic E-state index is -1.14. The molecular weight excluding hydrogens is 296 g/mol. The highest BCUT2D eigenvalue weighted by atomic mass is 32.1. The van der Waals surface area contributed by atoms with Gasteiger partial charge in [0.2, 0.25) is 0 Å². The Labute approximate surface area is 123 Å². The van der Waals surface area contributed by atoms with Gasteiger partial charge in [0.15, 0.2) is 11.5 Å². The highest BCUT2D eigenvalue weighted by Gasteiger charge is 2.40. The van der Waals surface area contributed by atoms with Gasteiger partial charge in [-0.2, -0.15) is 0 Å². The molecule has 0 bridgehead atoms. The van der Waals surface area contributed by atoms with Gasteiger partial charge < -0.3 is 19.6 Å². The van der Waals surface area contributed by atoms with E-state index in [1.165, 1.54) is 17.4 Å². The number of thiophene rings is 1. The molecule has 0 radical (unpaired) electrons. The van der Waals surface area contributed by atoms with Crippen molar-refractivity contribution in [1.29, 1.82) is 0 Å². The van der Waals surface area contributed by atoms with E-state index in [0.717, 1.165) is 9.78 Å². The molecule has 110 valence electrons. The number of hydrogen-bond acceptors (Lipinski definition) is 6. The van der Waals surface area contributed by atoms with E-state index in [4.69, 9.17) is 9.63 Å². The third-order valence-corrected chi connectivity index (χ3v) is 4.20. The largest absolute Gasteiger partial charge is 0.480 e. The minimum absolute atomic E-state index is 0.0169. The van der Waals surface area contributed by atoms with Crippen molar-refractivity contribution >= 4 is 23.2 Å². The number of aromatic nitrogens is 1. The standard InChI is InChI=1S/C13H12N2O5S/c16-7-4-9(13(18)19)15(6-7)12(17)8-5-10(20-14-8)11-2-1-3-21-11/h1-3,5,7,9,16H,4,6H2,(H,18,19)/t7-,9+/m1/s1. The number of amides is 1. The van der Waals surface area contributed by atoms with Crippen molar-refractivity contribution in [2.45, 2.75) is 18.6 Å². The fraction of sp³-hybridized carbons (Fsp3) is 0.308. The van der Waals surface area contributed by atoms with Crippen LogP contribution >= 0.6 is 11.3 Å². The summed E-state index contributed by atoms with van der Waals surface area (Å²) in [5.41, 5.74) is 0.0405. The molecule has 0 aromatic carbocycles. The summed E-state index contributed by atoms with van der Waals surface area (Å²) in [6.07, 6.45) is -0.810. The van der Waals surface area contributed by atoms with Crippen LogP contribution in [0.2, 0.25) is 0 Å². The highest BCUT2D eigenvalue weighted by Crippen LogP contribution is 2.27. The number of carbonyl (C=O) groups is 2. The van der Waals surface area contributed by atoms with Crippen molar-refractivity contribution in [3.63, 3.8) is 0 Å². The molecule has 2 atom stereocenters. The van der Waals surface area contributed by atoms with Crippen molar-refractivity contribution in [2.24, 2.45) is 0 Å². The van der Waals surface area contributed by atoms with Gasteiger partial charge in [-0.25, -0.2) is 4.79 Å². The first-order valence-corrected chi connectivity index (χ1v) is 7.16. The molecule has 3 heterocycles. The number of likely N-dealkylation sites (tertiary alicyclic amines) is 1. The summed E-state index contributed by atoms with van der Waals surface area (Å²) in [4.78, 5) is 25.4. The Balaban J connectivity index is 1.83. The molecule has 2 aromatic rings. The first kappa shape index (κ1) is 13.8. The molecule has 1 aliphatic heterocycles. The van der Waals surface area contributed by atoms with Gasteiger partial charge in [-0.05, 0) is 11.4 Å². The van der Waals surface area contributed by atoms with Crippen LogP contribution in [0.25, 0.3) is 10.6 Å². The van der Waals surface area contributed by atoms with Crippen molar-refractivity contribution in [3.8, 4) is 10.6 Å². The summed E-state index contributed by atoms with van der Waals surface area (Å²) in [7, 11) is 0. The molecule has 1 amide bonds. The first-order valence-electron chi connectivity index (χ1n) is 6.28. The molecule has 2 aromatic heterocycles. The molecular formula is C13H12N2O5S. The third kappa shape index (κ3) is 2.55. The van der Waals surface area contributed by atoms with Crippen molar-refractivity contribution in [1.82, 2.24) is 10.1 Å². The maximum absolute atomic E-state index is 12.3. The number of aliphatic carboxylic acids is 1. The Morgan fingerprint density at radius 2 is 2.29 bits per heavy atom. The van der Waals surface area contributed by atoms with Crippen LogP contribution in [0.15, 0.2) is 28.1 Å². The lowest BCUT2D eigenvalue weighted by Gasteiger charge is -2.19. The Kier molecular flexibility index (Phi) is 3.48. The van der Waals surface area contributed by atoms with Crippen LogP contribution in [0.3, 0.4) is 0 Å². The summed E-state index contributed by atoms with van der Waals surface area (Å²) < 4.78 is 5.12. The molecule has 0 saturated carbocycles. The number of carboxylic acid groups (broad SMARTS) is 1. The topological polar surface area (TPSA) is 104 Å². The lowest BCUT2D eigenvalue weighted by Crippen LogP contribution is -2.40. The summed E-state index contributed by atoms with van der Waals surface area (Å²) in [6, 6.07) is 4.13. The molecule has 0 unspecified atom stereocenters. The van der Waals surface area contributed by atoms with Gasteiger partial charge in [-0.3, -0.25) is 4.79 Å². The zero-order chi connectivity index (χ0) is 15.0. The molecule has 21 heavy (non-hydrogen) atoms. The van der Waals surface area contributed by atoms with E-state index in [1.54, 1.807) is 0 Å². The fourth-order valence-corrected chi connectivity index (χ4v) is 3.00. The molecule has 8 heteroatoms. The van der Waals surface area contributed by atoms with E-state index >= 15 is 0 Å². The van der Waals surface area contributed by atoms with Gasteiger partial charge in [0.1, 0.15) is 6.04 Å². The molecule has 2 N–H and O–H groups in total. The number of aliphatic hydroxyl groups is 1. The van der Waals surface area contributed by atoms with Gasteiger partial charge in [-0.15, -0.1) is 11.3 Å². The molecule has 1 fully saturated rings. The van der Waals surface area contributed by atoms with E-state index in [-0.39, 0.29) is 18.7 Å². The van der Waals surface area contributed by atoms with Crippen LogP contribution in [0.5, 0.6) is 0 Å². The second-order valence-corrected chi connectivity index (χ2v) is 5.70. The molecule has 1 aliphatic rings. The number of carbonyl (C=O) groups excluding carboxylic acids is 1. The van der Waals surface area contributed by atoms with Gasteiger partial charge in [-0.1, -0.05) is 11.2 Å². The van der Waals surface area contributed by atoms with Crippen LogP contribution in [0, 0.1) is 0 Å². The monoisotopic (exact) mass is 308 g/mol. The smallest absolute Gasteiger partial charge is 0.326 e. The Morgan fingerprint density at radius 1 is 1.48 bits per heavy atom. The Morgan fingerprint density at radius 3 is 2.95 bits per heavy atom. The van der Waals surface area contributed by atoms with Crippen LogP contribution in [0.1, 0.15) is 16.9 Å². The number of nitrogens with zero attached hydrogens (tertiary/aromatic N) is 2. The van der Waals surface area contributed by atoms with E-state index in [2.05, 4.69) is 5.16 Å². The SMILES string of the molecule is O=C(O)[C@@H]1C[C@@H](O)CN1C(=O)c1cc(-c2cccs2)on1. The quantitative estimate of drug-likeness (QED) is 0.878. The molecule has 0 aliphatic carbocycles. The Hall–Kier alpha value is -2.19. The van der Waals surface area contributed by atoms with E-state index in [1.807, 2.05) is 17.5 Å². The predicted molar refractivity (Wildman–Crippen MR) is 72.9 cm³/mol. The van der Waals surface area contributed by atoms with E-state index in [0.29, 0.717) is 5.76 Å². The lowest BCUT2D eigenvalue weighted by molar-refractivity contribution is -0.141. The number of aliphatic hydroxyl groups excluding tert-OH is 1. The molecule has 0 spiro atoms. The maximum atomic E-state index is 12.3. The average molecular weight is 308 g/mol. The second kappa shape index (κ2) is 5.30. The zero-order valence-corrected chi connectivity index (χ0v) is 11.6. The normalized spacial score (nSPS) is 21.7. The van der Waals surface area contributed by atoms with Crippen molar-refractivity contribution in [3.05, 3.63) is 29.3 Å². The first-order chi connectivity index (χ1) is 10.1. The molecule has 7 nitrogen and oxygen atoms in total. The van der Waals surface area contributed by atoms with E-state index in [9.17, 15) is 14.7 Å². The van der Waals surface area contributed by atoms with Crippen molar-refractivity contribution in [2.75, 3.05) is 6.54 Å². The summed E-state index contributed by atoms with van der Waals surface area (Å²) in [6.45, 7) is -0.0169. The average Bonchev–Trinajstić information content (AvgIpc) is 3.17. The number of hydrogen-bond donors (Lipinski definition) is 2. The van der Waals surface area contributed by atoms with Crippen LogP contribution in [-0.2, 0) is 4.79 Å². The van der Waals surface area contributed by atoms with Gasteiger partial charge in [0, 0.05) is 19.0 Å². The number of carboxylic acids is 1. The van der Waals surface area contributed by atoms with Gasteiger partial charge in [0.05, 0.1) is 11.0 Å². The van der Waals surface area contributed by atoms with Crippen LogP contribution in [0.4, 0.5) is 0 Å². The maximum Gasteiger partial charge on any atom is 0.326 e. The summed E-state index contributed by atoms with van der Waals surface area (Å²) in [5.74, 6) is -1.23. The fourth-order valence-electron chi connectivity index (χ4n) is 2.33. The van der Waals surface area contributed by atoms with Crippen LogP contribution < -0.4 is 0 Å². The minimum Gasteiger partial charge on any atom is -0.480 e. The summed E-state index contributed by atoms with van der Waals surface area (Å²) >= 11 is 1.45. The Bertz CT molecular complexity index is 666. The molecule has 1 saturated heterocycles. The van der Waals surface area contributed by atoms with E-state index < -0.39 is 24.0 Å². The highest BCUT2D eigenvalue weighted by molar-refractivity contribution is 7.13. The van der Waals surface area contributed by atoms with Gasteiger partial charge >= 0.3 is 5.97 Å². The summed E-state index contributed by atoms with van der Waals surface area (Å²) in [5, 5.41) is 24.2. The zero-order valence-electron chi connectivity index (χ0n) is 10.8. The predicted octanol–water partition coefficient (Wildman–Crippen LogP) is 1.06. The lowest BCUT2D eigenvalue weighted by atomic mass is 10.2. The molecule has 3 rings (SSSR count). The van der Waals surface area contributed by atoms with Crippen molar-refractivity contribution < 1.29 is 24.3 Å².